The second kappa shape index (κ2) is 8.99. The molecule has 0 spiro atoms. The van der Waals surface area contributed by atoms with Gasteiger partial charge in [-0.15, -0.1) is 0 Å². The quantitative estimate of drug-likeness (QED) is 0.619. The third-order valence-electron chi connectivity index (χ3n) is 3.47. The maximum absolute atomic E-state index is 6.01. The van der Waals surface area contributed by atoms with Crippen molar-refractivity contribution < 1.29 is 0 Å². The number of rotatable bonds is 2. The first kappa shape index (κ1) is 15.3. The molecule has 0 amide bonds. The van der Waals surface area contributed by atoms with Gasteiger partial charge in [0.05, 0.1) is 5.69 Å². The highest BCUT2D eigenvalue weighted by Gasteiger charge is 2.09. The first-order valence-electron chi connectivity index (χ1n) is 7.38. The number of nitrogens with zero attached hydrogens (tertiary/aromatic N) is 3. The van der Waals surface area contributed by atoms with E-state index in [-0.39, 0.29) is 0 Å². The molecule has 112 valence electrons. The molecule has 0 saturated carbocycles. The molecule has 4 N–H and O–H groups in total. The maximum atomic E-state index is 6.01. The second-order valence-corrected chi connectivity index (χ2v) is 5.13. The molecule has 6 nitrogen and oxygen atoms in total. The molecule has 0 aromatic carbocycles. The zero-order valence-corrected chi connectivity index (χ0v) is 12.1. The van der Waals surface area contributed by atoms with Gasteiger partial charge in [0, 0.05) is 65.1 Å². The average Bonchev–Trinajstić information content (AvgIpc) is 2.46. The first-order valence-corrected chi connectivity index (χ1v) is 7.38. The Labute approximate surface area is 121 Å². The number of hydrogen-bond donors (Lipinski definition) is 3. The van der Waals surface area contributed by atoms with Gasteiger partial charge in [0.2, 0.25) is 0 Å². The summed E-state index contributed by atoms with van der Waals surface area (Å²) < 4.78 is 0. The van der Waals surface area contributed by atoms with Crippen molar-refractivity contribution in [2.24, 2.45) is 5.84 Å². The van der Waals surface area contributed by atoms with Crippen LogP contribution in [0.2, 0.25) is 0 Å². The summed E-state index contributed by atoms with van der Waals surface area (Å²) in [7, 11) is 0. The highest BCUT2D eigenvalue weighted by Crippen LogP contribution is 2.00. The number of nitrogens with two attached hydrogens (primary N) is 1. The summed E-state index contributed by atoms with van der Waals surface area (Å²) in [6, 6.07) is 6.07. The predicted octanol–water partition coefficient (Wildman–Crippen LogP) is -0.748. The predicted molar refractivity (Wildman–Crippen MR) is 81.0 cm³/mol. The van der Waals surface area contributed by atoms with Crippen LogP contribution in [0, 0.1) is 0 Å². The van der Waals surface area contributed by atoms with E-state index in [0.29, 0.717) is 0 Å². The number of aromatic nitrogens is 1. The van der Waals surface area contributed by atoms with Crippen molar-refractivity contribution in [3.05, 3.63) is 30.1 Å². The van der Waals surface area contributed by atoms with E-state index in [0.717, 1.165) is 64.6 Å². The van der Waals surface area contributed by atoms with Crippen LogP contribution in [-0.4, -0.2) is 67.3 Å². The zero-order valence-electron chi connectivity index (χ0n) is 12.1. The molecule has 20 heavy (non-hydrogen) atoms. The van der Waals surface area contributed by atoms with Crippen LogP contribution in [0.1, 0.15) is 5.69 Å². The van der Waals surface area contributed by atoms with Crippen LogP contribution in [0.15, 0.2) is 24.4 Å². The molecule has 0 atom stereocenters. The summed E-state index contributed by atoms with van der Waals surface area (Å²) in [5.41, 5.74) is 1.12. The number of hydrogen-bond acceptors (Lipinski definition) is 6. The third kappa shape index (κ3) is 5.94. The Balaban J connectivity index is 1.86. The molecule has 2 heterocycles. The molecule has 0 radical (unpaired) electrons. The lowest BCUT2D eigenvalue weighted by atomic mass is 10.3. The summed E-state index contributed by atoms with van der Waals surface area (Å²) in [5, 5.41) is 8.73. The monoisotopic (exact) mass is 278 g/mol. The van der Waals surface area contributed by atoms with Gasteiger partial charge in [-0.25, -0.2) is 5.01 Å². The van der Waals surface area contributed by atoms with E-state index < -0.39 is 0 Å². The number of hydrazine groups is 1. The lowest BCUT2D eigenvalue weighted by Crippen LogP contribution is -2.45. The fourth-order valence-corrected chi connectivity index (χ4v) is 2.26. The van der Waals surface area contributed by atoms with E-state index in [1.165, 1.54) is 0 Å². The average molecular weight is 278 g/mol. The van der Waals surface area contributed by atoms with E-state index in [2.05, 4.69) is 26.6 Å². The molecule has 1 aromatic heterocycles. The Morgan fingerprint density at radius 2 is 1.80 bits per heavy atom. The van der Waals surface area contributed by atoms with E-state index in [4.69, 9.17) is 5.84 Å². The van der Waals surface area contributed by atoms with Crippen molar-refractivity contribution >= 4 is 0 Å². The third-order valence-corrected chi connectivity index (χ3v) is 3.47. The van der Waals surface area contributed by atoms with Crippen LogP contribution in [0.4, 0.5) is 0 Å². The van der Waals surface area contributed by atoms with Gasteiger partial charge < -0.3 is 10.6 Å². The van der Waals surface area contributed by atoms with Crippen molar-refractivity contribution in [1.82, 2.24) is 25.5 Å². The summed E-state index contributed by atoms with van der Waals surface area (Å²) in [6.45, 7) is 8.58. The Bertz CT molecular complexity index is 358. The Kier molecular flexibility index (Phi) is 6.90. The molecular formula is C14H26N6. The van der Waals surface area contributed by atoms with Crippen LogP contribution in [-0.2, 0) is 6.54 Å². The normalized spacial score (nSPS) is 21.1. The van der Waals surface area contributed by atoms with Crippen molar-refractivity contribution in [3.63, 3.8) is 0 Å². The molecule has 1 saturated heterocycles. The number of pyridine rings is 1. The Hall–Kier alpha value is -1.05. The molecule has 0 aliphatic carbocycles. The summed E-state index contributed by atoms with van der Waals surface area (Å²) in [6.07, 6.45) is 1.85. The van der Waals surface area contributed by atoms with E-state index in [9.17, 15) is 0 Å². The molecule has 1 aliphatic rings. The van der Waals surface area contributed by atoms with Gasteiger partial charge in [0.1, 0.15) is 0 Å². The van der Waals surface area contributed by atoms with Crippen LogP contribution in [0.3, 0.4) is 0 Å². The van der Waals surface area contributed by atoms with Gasteiger partial charge in [-0.3, -0.25) is 15.7 Å². The van der Waals surface area contributed by atoms with Crippen molar-refractivity contribution in [3.8, 4) is 0 Å². The summed E-state index contributed by atoms with van der Waals surface area (Å²) in [4.78, 5) is 6.81. The molecule has 2 rings (SSSR count). The van der Waals surface area contributed by atoms with Crippen LogP contribution >= 0.6 is 0 Å². The second-order valence-electron chi connectivity index (χ2n) is 5.13. The minimum atomic E-state index is 0.883. The van der Waals surface area contributed by atoms with Crippen molar-refractivity contribution in [1.29, 1.82) is 0 Å². The minimum absolute atomic E-state index is 0.883. The lowest BCUT2D eigenvalue weighted by molar-refractivity contribution is 0.196. The Morgan fingerprint density at radius 1 is 1.00 bits per heavy atom. The van der Waals surface area contributed by atoms with Gasteiger partial charge in [0.25, 0.3) is 0 Å². The smallest absolute Gasteiger partial charge is 0.0543 e. The van der Waals surface area contributed by atoms with Crippen LogP contribution in [0.5, 0.6) is 0 Å². The molecule has 1 aliphatic heterocycles. The molecule has 0 unspecified atom stereocenters. The SMILES string of the molecule is NN1CCNCCNCCN(Cc2ccccn2)CC1. The molecule has 6 heteroatoms. The van der Waals surface area contributed by atoms with Gasteiger partial charge in [-0.05, 0) is 12.1 Å². The molecular weight excluding hydrogens is 252 g/mol. The molecule has 1 fully saturated rings. The fraction of sp³-hybridized carbons (Fsp3) is 0.643. The van der Waals surface area contributed by atoms with Crippen molar-refractivity contribution in [2.75, 3.05) is 52.4 Å². The van der Waals surface area contributed by atoms with Gasteiger partial charge in [0.15, 0.2) is 0 Å². The lowest BCUT2D eigenvalue weighted by Gasteiger charge is -2.26. The topological polar surface area (TPSA) is 69.5 Å². The molecule has 0 bridgehead atoms. The maximum Gasteiger partial charge on any atom is 0.0543 e. The van der Waals surface area contributed by atoms with E-state index >= 15 is 0 Å². The number of nitrogens with one attached hydrogen (secondary N) is 2. The standard InChI is InChI=1S/C14H26N6/c15-20-10-8-17-6-5-16-7-9-19(11-12-20)13-14-3-1-2-4-18-14/h1-4,16-17H,5-13,15H2. The largest absolute Gasteiger partial charge is 0.314 e. The Morgan fingerprint density at radius 3 is 2.55 bits per heavy atom. The van der Waals surface area contributed by atoms with Gasteiger partial charge in [-0.2, -0.15) is 0 Å². The highest BCUT2D eigenvalue weighted by atomic mass is 15.4. The summed E-state index contributed by atoms with van der Waals surface area (Å²) in [5.74, 6) is 6.01. The minimum Gasteiger partial charge on any atom is -0.314 e. The van der Waals surface area contributed by atoms with Crippen molar-refractivity contribution in [2.45, 2.75) is 6.54 Å². The van der Waals surface area contributed by atoms with E-state index in [1.54, 1.807) is 0 Å². The fourth-order valence-electron chi connectivity index (χ4n) is 2.26. The van der Waals surface area contributed by atoms with Gasteiger partial charge in [-0.1, -0.05) is 6.07 Å². The van der Waals surface area contributed by atoms with Crippen LogP contribution < -0.4 is 16.5 Å². The van der Waals surface area contributed by atoms with Crippen LogP contribution in [0.25, 0.3) is 0 Å². The summed E-state index contributed by atoms with van der Waals surface area (Å²) >= 11 is 0. The zero-order chi connectivity index (χ0) is 14.0. The molecule has 1 aromatic rings. The highest BCUT2D eigenvalue weighted by molar-refractivity contribution is 5.03. The van der Waals surface area contributed by atoms with E-state index in [1.807, 2.05) is 23.3 Å². The van der Waals surface area contributed by atoms with Gasteiger partial charge >= 0.3 is 0 Å². The first-order chi connectivity index (χ1) is 9.84.